The summed E-state index contributed by atoms with van der Waals surface area (Å²) in [6.07, 6.45) is 4.77. The van der Waals surface area contributed by atoms with Crippen LogP contribution in [0.5, 0.6) is 0 Å². The van der Waals surface area contributed by atoms with Crippen LogP contribution in [-0.2, 0) is 9.53 Å². The number of hydrogen-bond donors (Lipinski definition) is 2. The van der Waals surface area contributed by atoms with Crippen LogP contribution in [0.25, 0.3) is 0 Å². The van der Waals surface area contributed by atoms with Gasteiger partial charge in [-0.3, -0.25) is 4.79 Å². The molecule has 1 rings (SSSR count). The molecule has 1 heterocycles. The molecular weight excluding hydrogens is 212 g/mol. The molecule has 0 aromatic heterocycles. The fourth-order valence-electron chi connectivity index (χ4n) is 1.54. The van der Waals surface area contributed by atoms with E-state index >= 15 is 0 Å². The van der Waals surface area contributed by atoms with Crippen molar-refractivity contribution in [3.05, 3.63) is 0 Å². The molecule has 0 aliphatic carbocycles. The summed E-state index contributed by atoms with van der Waals surface area (Å²) < 4.78 is 5.28. The van der Waals surface area contributed by atoms with Crippen LogP contribution in [0.3, 0.4) is 0 Å². The molecular formula is C10H20N2O2S. The number of rotatable bonds is 5. The summed E-state index contributed by atoms with van der Waals surface area (Å²) in [6, 6.07) is -0.217. The Kier molecular flexibility index (Phi) is 6.05. The second-order valence-electron chi connectivity index (χ2n) is 3.81. The van der Waals surface area contributed by atoms with Gasteiger partial charge in [-0.1, -0.05) is 0 Å². The average Bonchev–Trinajstić information content (AvgIpc) is 2.27. The zero-order valence-corrected chi connectivity index (χ0v) is 10.0. The van der Waals surface area contributed by atoms with Crippen LogP contribution in [0.2, 0.25) is 0 Å². The second-order valence-corrected chi connectivity index (χ2v) is 4.80. The number of ether oxygens (including phenoxy) is 1. The molecule has 4 nitrogen and oxygen atoms in total. The Morgan fingerprint density at radius 1 is 1.73 bits per heavy atom. The number of thioether (sulfide) groups is 1. The lowest BCUT2D eigenvalue weighted by molar-refractivity contribution is -0.124. The summed E-state index contributed by atoms with van der Waals surface area (Å²) in [5, 5.41) is 2.93. The minimum absolute atomic E-state index is 0.0421. The summed E-state index contributed by atoms with van der Waals surface area (Å²) >= 11 is 1.71. The van der Waals surface area contributed by atoms with Crippen molar-refractivity contribution in [1.82, 2.24) is 5.32 Å². The Hall–Kier alpha value is -0.260. The van der Waals surface area contributed by atoms with E-state index in [-0.39, 0.29) is 18.0 Å². The average molecular weight is 232 g/mol. The highest BCUT2D eigenvalue weighted by Crippen LogP contribution is 2.06. The molecule has 1 fully saturated rings. The highest BCUT2D eigenvalue weighted by molar-refractivity contribution is 7.98. The van der Waals surface area contributed by atoms with E-state index in [4.69, 9.17) is 10.5 Å². The number of amides is 1. The maximum absolute atomic E-state index is 11.6. The standard InChI is InChI=1S/C10H20N2O2S/c1-15-6-4-9(11)10(13)12-8-3-2-5-14-7-8/h8-9H,2-7,11H2,1H3,(H,12,13)/t8?,9-/m0/s1. The zero-order chi connectivity index (χ0) is 11.1. The lowest BCUT2D eigenvalue weighted by Gasteiger charge is -2.24. The summed E-state index contributed by atoms with van der Waals surface area (Å²) in [6.45, 7) is 1.44. The first-order chi connectivity index (χ1) is 7.24. The molecule has 2 atom stereocenters. The van der Waals surface area contributed by atoms with E-state index in [2.05, 4.69) is 5.32 Å². The molecule has 1 unspecified atom stereocenters. The molecule has 0 spiro atoms. The van der Waals surface area contributed by atoms with Crippen LogP contribution in [0.1, 0.15) is 19.3 Å². The van der Waals surface area contributed by atoms with Crippen molar-refractivity contribution in [3.63, 3.8) is 0 Å². The van der Waals surface area contributed by atoms with Crippen molar-refractivity contribution >= 4 is 17.7 Å². The van der Waals surface area contributed by atoms with Crippen molar-refractivity contribution in [2.75, 3.05) is 25.2 Å². The molecule has 1 amide bonds. The van der Waals surface area contributed by atoms with Crippen LogP contribution in [-0.4, -0.2) is 43.2 Å². The Balaban J connectivity index is 2.20. The van der Waals surface area contributed by atoms with Crippen molar-refractivity contribution in [1.29, 1.82) is 0 Å². The fourth-order valence-corrected chi connectivity index (χ4v) is 2.03. The van der Waals surface area contributed by atoms with Gasteiger partial charge in [0.2, 0.25) is 5.91 Å². The SMILES string of the molecule is CSCC[C@H](N)C(=O)NC1CCCOC1. The first kappa shape index (κ1) is 12.8. The summed E-state index contributed by atoms with van der Waals surface area (Å²) in [4.78, 5) is 11.6. The highest BCUT2D eigenvalue weighted by Gasteiger charge is 2.19. The number of carbonyl (C=O) groups is 1. The van der Waals surface area contributed by atoms with E-state index in [0.717, 1.165) is 31.6 Å². The topological polar surface area (TPSA) is 64.4 Å². The number of hydrogen-bond acceptors (Lipinski definition) is 4. The van der Waals surface area contributed by atoms with Gasteiger partial charge in [0.15, 0.2) is 0 Å². The molecule has 0 saturated carbocycles. The minimum Gasteiger partial charge on any atom is -0.379 e. The smallest absolute Gasteiger partial charge is 0.237 e. The largest absolute Gasteiger partial charge is 0.379 e. The highest BCUT2D eigenvalue weighted by atomic mass is 32.2. The molecule has 15 heavy (non-hydrogen) atoms. The van der Waals surface area contributed by atoms with Crippen molar-refractivity contribution in [3.8, 4) is 0 Å². The van der Waals surface area contributed by atoms with E-state index in [1.807, 2.05) is 6.26 Å². The molecule has 1 aliphatic rings. The van der Waals surface area contributed by atoms with Crippen molar-refractivity contribution in [2.24, 2.45) is 5.73 Å². The first-order valence-corrected chi connectivity index (χ1v) is 6.76. The van der Waals surface area contributed by atoms with E-state index in [9.17, 15) is 4.79 Å². The third-order valence-corrected chi connectivity index (χ3v) is 3.12. The van der Waals surface area contributed by atoms with Gasteiger partial charge in [-0.2, -0.15) is 11.8 Å². The molecule has 0 aromatic carbocycles. The van der Waals surface area contributed by atoms with Gasteiger partial charge in [0.1, 0.15) is 0 Å². The quantitative estimate of drug-likeness (QED) is 0.718. The molecule has 3 N–H and O–H groups in total. The van der Waals surface area contributed by atoms with Crippen LogP contribution >= 0.6 is 11.8 Å². The lowest BCUT2D eigenvalue weighted by atomic mass is 10.1. The third kappa shape index (κ3) is 4.86. The molecule has 0 bridgehead atoms. The van der Waals surface area contributed by atoms with E-state index in [0.29, 0.717) is 6.61 Å². The molecule has 0 radical (unpaired) electrons. The van der Waals surface area contributed by atoms with Gasteiger partial charge in [-0.15, -0.1) is 0 Å². The van der Waals surface area contributed by atoms with Gasteiger partial charge < -0.3 is 15.8 Å². The van der Waals surface area contributed by atoms with Gasteiger partial charge >= 0.3 is 0 Å². The van der Waals surface area contributed by atoms with E-state index in [1.54, 1.807) is 11.8 Å². The fraction of sp³-hybridized carbons (Fsp3) is 0.900. The predicted octanol–water partition coefficient (Wildman–Crippen LogP) is 0.362. The third-order valence-electron chi connectivity index (χ3n) is 2.48. The number of nitrogens with one attached hydrogen (secondary N) is 1. The lowest BCUT2D eigenvalue weighted by Crippen LogP contribution is -2.48. The molecule has 1 aliphatic heterocycles. The first-order valence-electron chi connectivity index (χ1n) is 5.36. The Morgan fingerprint density at radius 3 is 3.13 bits per heavy atom. The van der Waals surface area contributed by atoms with Crippen molar-refractivity contribution in [2.45, 2.75) is 31.3 Å². The number of nitrogens with two attached hydrogens (primary N) is 1. The van der Waals surface area contributed by atoms with Gasteiger partial charge in [0.25, 0.3) is 0 Å². The number of carbonyl (C=O) groups excluding carboxylic acids is 1. The Bertz CT molecular complexity index is 196. The molecule has 0 aromatic rings. The summed E-state index contributed by atoms with van der Waals surface area (Å²) in [5.41, 5.74) is 5.75. The van der Waals surface area contributed by atoms with Crippen LogP contribution in [0.4, 0.5) is 0 Å². The van der Waals surface area contributed by atoms with Gasteiger partial charge in [-0.05, 0) is 31.3 Å². The predicted molar refractivity (Wildman–Crippen MR) is 63.0 cm³/mol. The van der Waals surface area contributed by atoms with Gasteiger partial charge in [0.05, 0.1) is 18.7 Å². The van der Waals surface area contributed by atoms with E-state index < -0.39 is 0 Å². The monoisotopic (exact) mass is 232 g/mol. The van der Waals surface area contributed by atoms with Crippen molar-refractivity contribution < 1.29 is 9.53 Å². The minimum atomic E-state index is -0.376. The summed E-state index contributed by atoms with van der Waals surface area (Å²) in [7, 11) is 0. The maximum atomic E-state index is 11.6. The van der Waals surface area contributed by atoms with Crippen LogP contribution in [0, 0.1) is 0 Å². The van der Waals surface area contributed by atoms with Crippen LogP contribution < -0.4 is 11.1 Å². The Morgan fingerprint density at radius 2 is 2.53 bits per heavy atom. The van der Waals surface area contributed by atoms with Gasteiger partial charge in [-0.25, -0.2) is 0 Å². The Labute approximate surface area is 95.3 Å². The second kappa shape index (κ2) is 7.09. The molecule has 1 saturated heterocycles. The van der Waals surface area contributed by atoms with E-state index in [1.165, 1.54) is 0 Å². The van der Waals surface area contributed by atoms with Gasteiger partial charge in [0, 0.05) is 6.61 Å². The van der Waals surface area contributed by atoms with Crippen LogP contribution in [0.15, 0.2) is 0 Å². The molecule has 88 valence electrons. The molecule has 5 heteroatoms. The zero-order valence-electron chi connectivity index (χ0n) is 9.20. The summed E-state index contributed by atoms with van der Waals surface area (Å²) in [5.74, 6) is 0.884. The normalized spacial score (nSPS) is 23.5. The maximum Gasteiger partial charge on any atom is 0.237 e.